The van der Waals surface area contributed by atoms with E-state index in [9.17, 15) is 19.8 Å². The van der Waals surface area contributed by atoms with E-state index in [1.54, 1.807) is 0 Å². The van der Waals surface area contributed by atoms with Crippen LogP contribution < -0.4 is 5.32 Å². The minimum absolute atomic E-state index is 0.0278. The third-order valence-electron chi connectivity index (χ3n) is 14.9. The first-order valence-corrected chi connectivity index (χ1v) is 32.4. The summed E-state index contributed by atoms with van der Waals surface area (Å²) in [5.41, 5.74) is 0. The summed E-state index contributed by atoms with van der Waals surface area (Å²) in [5.74, 6) is -0.0703. The van der Waals surface area contributed by atoms with Gasteiger partial charge in [0.05, 0.1) is 25.4 Å². The predicted molar refractivity (Wildman–Crippen MR) is 319 cm³/mol. The number of carbonyl (C=O) groups is 2. The number of esters is 1. The molecule has 0 aliphatic heterocycles. The van der Waals surface area contributed by atoms with Crippen LogP contribution >= 0.6 is 0 Å². The molecule has 0 saturated heterocycles. The average molecular weight is 1020 g/mol. The Labute approximate surface area is 455 Å². The van der Waals surface area contributed by atoms with Gasteiger partial charge in [-0.1, -0.05) is 294 Å². The summed E-state index contributed by atoms with van der Waals surface area (Å²) in [5, 5.41) is 23.4. The van der Waals surface area contributed by atoms with Gasteiger partial charge in [-0.3, -0.25) is 9.59 Å². The van der Waals surface area contributed by atoms with Crippen molar-refractivity contribution in [3.8, 4) is 0 Å². The molecule has 1 amide bonds. The Bertz CT molecular complexity index is 1230. The van der Waals surface area contributed by atoms with Crippen LogP contribution in [0.2, 0.25) is 0 Å². The highest BCUT2D eigenvalue weighted by Crippen LogP contribution is 2.18. The number of amides is 1. The molecular formula is C67H125NO5. The van der Waals surface area contributed by atoms with E-state index in [0.717, 1.165) is 83.5 Å². The molecule has 0 rings (SSSR count). The number of unbranched alkanes of at least 4 members (excludes halogenated alkanes) is 42. The lowest BCUT2D eigenvalue weighted by molar-refractivity contribution is -0.143. The first kappa shape index (κ1) is 70.8. The second kappa shape index (κ2) is 62.4. The van der Waals surface area contributed by atoms with Crippen molar-refractivity contribution in [3.63, 3.8) is 0 Å². The quantitative estimate of drug-likeness (QED) is 0.0244. The zero-order valence-electron chi connectivity index (χ0n) is 48.9. The number of hydrogen-bond acceptors (Lipinski definition) is 5. The molecule has 2 unspecified atom stereocenters. The van der Waals surface area contributed by atoms with Crippen LogP contribution in [0.15, 0.2) is 48.6 Å². The monoisotopic (exact) mass is 1020 g/mol. The molecule has 73 heavy (non-hydrogen) atoms. The number of ether oxygens (including phenoxy) is 1. The Balaban J connectivity index is 3.48. The third-order valence-corrected chi connectivity index (χ3v) is 14.9. The molecule has 0 fully saturated rings. The van der Waals surface area contributed by atoms with Crippen LogP contribution in [0.25, 0.3) is 0 Å². The Morgan fingerprint density at radius 1 is 0.397 bits per heavy atom. The van der Waals surface area contributed by atoms with E-state index in [1.807, 2.05) is 0 Å². The van der Waals surface area contributed by atoms with Gasteiger partial charge in [0.15, 0.2) is 0 Å². The lowest BCUT2D eigenvalue weighted by Crippen LogP contribution is -2.45. The summed E-state index contributed by atoms with van der Waals surface area (Å²) in [7, 11) is 0. The van der Waals surface area contributed by atoms with E-state index in [4.69, 9.17) is 4.74 Å². The molecule has 0 aromatic heterocycles. The van der Waals surface area contributed by atoms with E-state index in [0.29, 0.717) is 25.9 Å². The highest BCUT2D eigenvalue weighted by molar-refractivity contribution is 5.76. The molecular weight excluding hydrogens is 899 g/mol. The number of hydrogen-bond donors (Lipinski definition) is 3. The topological polar surface area (TPSA) is 95.9 Å². The van der Waals surface area contributed by atoms with Crippen LogP contribution in [0, 0.1) is 0 Å². The predicted octanol–water partition coefficient (Wildman–Crippen LogP) is 20.5. The summed E-state index contributed by atoms with van der Waals surface area (Å²) in [6.07, 6.45) is 79.8. The normalized spacial score (nSPS) is 12.9. The molecule has 6 nitrogen and oxygen atoms in total. The van der Waals surface area contributed by atoms with Crippen molar-refractivity contribution >= 4 is 11.9 Å². The molecule has 0 radical (unpaired) electrons. The van der Waals surface area contributed by atoms with Crippen LogP contribution in [0.5, 0.6) is 0 Å². The zero-order chi connectivity index (χ0) is 52.9. The van der Waals surface area contributed by atoms with Gasteiger partial charge in [0.1, 0.15) is 0 Å². The number of allylic oxidation sites excluding steroid dienone is 8. The summed E-state index contributed by atoms with van der Waals surface area (Å²) >= 11 is 0. The maximum atomic E-state index is 12.5. The number of rotatable bonds is 60. The molecule has 0 spiro atoms. The number of aliphatic hydroxyl groups is 2. The molecule has 3 N–H and O–H groups in total. The molecule has 0 aliphatic carbocycles. The van der Waals surface area contributed by atoms with Crippen LogP contribution in [-0.4, -0.2) is 47.4 Å². The molecule has 0 bridgehead atoms. The fourth-order valence-corrected chi connectivity index (χ4v) is 9.88. The lowest BCUT2D eigenvalue weighted by atomic mass is 10.0. The van der Waals surface area contributed by atoms with Gasteiger partial charge in [-0.2, -0.15) is 0 Å². The van der Waals surface area contributed by atoms with E-state index in [1.165, 1.54) is 225 Å². The summed E-state index contributed by atoms with van der Waals surface area (Å²) in [6, 6.07) is -0.552. The Kier molecular flexibility index (Phi) is 60.5. The molecule has 0 aromatic rings. The minimum Gasteiger partial charge on any atom is -0.466 e. The van der Waals surface area contributed by atoms with Crippen molar-refractivity contribution in [3.05, 3.63) is 48.6 Å². The van der Waals surface area contributed by atoms with E-state index >= 15 is 0 Å². The van der Waals surface area contributed by atoms with Crippen molar-refractivity contribution in [1.29, 1.82) is 0 Å². The summed E-state index contributed by atoms with van der Waals surface area (Å²) < 4.78 is 5.45. The smallest absolute Gasteiger partial charge is 0.305 e. The second-order valence-electron chi connectivity index (χ2n) is 22.1. The Hall–Kier alpha value is -2.18. The Morgan fingerprint density at radius 2 is 0.740 bits per heavy atom. The van der Waals surface area contributed by atoms with Crippen molar-refractivity contribution in [1.82, 2.24) is 5.32 Å². The van der Waals surface area contributed by atoms with Crippen molar-refractivity contribution in [2.24, 2.45) is 0 Å². The molecule has 0 saturated carbocycles. The van der Waals surface area contributed by atoms with Gasteiger partial charge in [-0.25, -0.2) is 0 Å². The van der Waals surface area contributed by atoms with Crippen molar-refractivity contribution in [2.75, 3.05) is 13.2 Å². The highest BCUT2D eigenvalue weighted by Gasteiger charge is 2.20. The SMILES string of the molecule is CCCC/C=C\C/C=C\CCCCCCCC(=O)OCCCCC/C=C\C=C/CCCCCCCCCCCCC(=O)NC(CO)C(O)CCCCCCCCCCCCCCCCCCCCCCCCC. The Morgan fingerprint density at radius 3 is 1.16 bits per heavy atom. The molecule has 2 atom stereocenters. The molecule has 0 heterocycles. The lowest BCUT2D eigenvalue weighted by Gasteiger charge is -2.22. The second-order valence-corrected chi connectivity index (χ2v) is 22.1. The van der Waals surface area contributed by atoms with E-state index in [2.05, 4.69) is 67.8 Å². The fourth-order valence-electron chi connectivity index (χ4n) is 9.88. The van der Waals surface area contributed by atoms with Gasteiger partial charge in [0, 0.05) is 12.8 Å². The molecule has 428 valence electrons. The van der Waals surface area contributed by atoms with Crippen molar-refractivity contribution in [2.45, 2.75) is 353 Å². The van der Waals surface area contributed by atoms with Crippen LogP contribution in [0.1, 0.15) is 341 Å². The highest BCUT2D eigenvalue weighted by atomic mass is 16.5. The zero-order valence-corrected chi connectivity index (χ0v) is 48.9. The van der Waals surface area contributed by atoms with Crippen LogP contribution in [-0.2, 0) is 14.3 Å². The van der Waals surface area contributed by atoms with E-state index in [-0.39, 0.29) is 18.5 Å². The molecule has 0 aliphatic rings. The molecule has 0 aromatic carbocycles. The first-order valence-electron chi connectivity index (χ1n) is 32.4. The molecule has 6 heteroatoms. The average Bonchev–Trinajstić information content (AvgIpc) is 3.39. The third kappa shape index (κ3) is 58.9. The summed E-state index contributed by atoms with van der Waals surface area (Å²) in [6.45, 7) is 4.88. The maximum Gasteiger partial charge on any atom is 0.305 e. The van der Waals surface area contributed by atoms with Gasteiger partial charge < -0.3 is 20.3 Å². The maximum absolute atomic E-state index is 12.5. The number of carbonyl (C=O) groups excluding carboxylic acids is 2. The largest absolute Gasteiger partial charge is 0.466 e. The van der Waals surface area contributed by atoms with Gasteiger partial charge in [-0.05, 0) is 83.5 Å². The number of nitrogens with one attached hydrogen (secondary N) is 1. The van der Waals surface area contributed by atoms with Gasteiger partial charge in [-0.15, -0.1) is 0 Å². The minimum atomic E-state index is -0.674. The van der Waals surface area contributed by atoms with Gasteiger partial charge in [0.25, 0.3) is 0 Å². The van der Waals surface area contributed by atoms with Gasteiger partial charge >= 0.3 is 5.97 Å². The summed E-state index contributed by atoms with van der Waals surface area (Å²) in [4.78, 5) is 24.6. The number of aliphatic hydroxyl groups excluding tert-OH is 2. The van der Waals surface area contributed by atoms with Gasteiger partial charge in [0.2, 0.25) is 5.91 Å². The van der Waals surface area contributed by atoms with Crippen molar-refractivity contribution < 1.29 is 24.5 Å². The standard InChI is InChI=1S/C67H125NO5/c1-3-5-7-9-11-13-15-17-19-20-21-22-23-24-26-29-32-35-39-43-47-51-55-59-65(70)64(63-69)68-66(71)60-56-52-48-44-40-36-33-30-27-25-28-31-34-38-42-46-50-54-58-62-73-67(72)61-57-53-49-45-41-37-18-16-14-12-10-8-6-4-2/h10,12,16,18,31,34,38,42,64-65,69-70H,3-9,11,13-15,17,19-30,32-33,35-37,39-41,43-63H2,1-2H3,(H,68,71)/b12-10-,18-16-,34-31-,42-38-. The fraction of sp³-hybridized carbons (Fsp3) is 0.851. The van der Waals surface area contributed by atoms with Crippen LogP contribution in [0.3, 0.4) is 0 Å². The van der Waals surface area contributed by atoms with E-state index < -0.39 is 12.1 Å². The first-order chi connectivity index (χ1) is 36.0. The van der Waals surface area contributed by atoms with Crippen LogP contribution in [0.4, 0.5) is 0 Å².